The Bertz CT molecular complexity index is 1310. The zero-order valence-corrected chi connectivity index (χ0v) is 15.7. The first-order valence-corrected chi connectivity index (χ1v) is 9.22. The van der Waals surface area contributed by atoms with Crippen molar-refractivity contribution >= 4 is 27.9 Å². The number of likely N-dealkylation sites (tertiary alicyclic amines) is 1. The molecule has 0 bridgehead atoms. The van der Waals surface area contributed by atoms with Crippen LogP contribution in [-0.2, 0) is 7.05 Å². The van der Waals surface area contributed by atoms with Crippen molar-refractivity contribution in [1.29, 1.82) is 0 Å². The lowest BCUT2D eigenvalue weighted by Gasteiger charge is -2.35. The van der Waals surface area contributed by atoms with Gasteiger partial charge in [0.2, 0.25) is 0 Å². The largest absolute Gasteiger partial charge is 0.344 e. The Labute approximate surface area is 165 Å². The summed E-state index contributed by atoms with van der Waals surface area (Å²) in [7, 11) is 1.75. The van der Waals surface area contributed by atoms with Crippen LogP contribution in [0.4, 0.5) is 4.39 Å². The average molecular weight is 388 g/mol. The second-order valence-corrected chi connectivity index (χ2v) is 7.27. The van der Waals surface area contributed by atoms with Crippen LogP contribution >= 0.6 is 0 Å². The van der Waals surface area contributed by atoms with E-state index in [0.29, 0.717) is 40.2 Å². The molecule has 1 saturated heterocycles. The Kier molecular flexibility index (Phi) is 3.93. The highest BCUT2D eigenvalue weighted by Gasteiger charge is 2.28. The van der Waals surface area contributed by atoms with Crippen molar-refractivity contribution in [3.8, 4) is 23.7 Å². The number of nitrogens with one attached hydrogen (secondary N) is 1. The molecule has 4 heterocycles. The summed E-state index contributed by atoms with van der Waals surface area (Å²) in [6.07, 6.45) is 8.65. The van der Waals surface area contributed by atoms with Crippen molar-refractivity contribution in [2.24, 2.45) is 13.0 Å². The molecule has 0 saturated carbocycles. The van der Waals surface area contributed by atoms with Gasteiger partial charge in [0.05, 0.1) is 23.8 Å². The van der Waals surface area contributed by atoms with E-state index in [4.69, 9.17) is 6.42 Å². The molecule has 0 aliphatic carbocycles. The van der Waals surface area contributed by atoms with Crippen LogP contribution in [-0.4, -0.2) is 55.0 Å². The number of carbonyl (C=O) groups is 1. The number of nitrogens with zero attached hydrogens (tertiary/aromatic N) is 5. The van der Waals surface area contributed by atoms with Crippen LogP contribution in [0.3, 0.4) is 0 Å². The van der Waals surface area contributed by atoms with Crippen LogP contribution in [0.15, 0.2) is 30.6 Å². The summed E-state index contributed by atoms with van der Waals surface area (Å²) >= 11 is 0. The second kappa shape index (κ2) is 6.50. The number of H-pyrrole nitrogens is 1. The van der Waals surface area contributed by atoms with Gasteiger partial charge >= 0.3 is 0 Å². The first-order valence-electron chi connectivity index (χ1n) is 9.22. The highest BCUT2D eigenvalue weighted by Crippen LogP contribution is 2.28. The van der Waals surface area contributed by atoms with Gasteiger partial charge in [-0.1, -0.05) is 0 Å². The molecule has 0 spiro atoms. The Morgan fingerprint density at radius 3 is 3.03 bits per heavy atom. The number of fused-ring (bicyclic) bond motifs is 2. The number of ketones is 1. The van der Waals surface area contributed by atoms with Crippen LogP contribution in [0.5, 0.6) is 0 Å². The second-order valence-electron chi connectivity index (χ2n) is 7.27. The van der Waals surface area contributed by atoms with Crippen molar-refractivity contribution in [3.63, 3.8) is 0 Å². The third-order valence-corrected chi connectivity index (χ3v) is 5.30. The summed E-state index contributed by atoms with van der Waals surface area (Å²) in [4.78, 5) is 26.9. The lowest BCUT2D eigenvalue weighted by atomic mass is 10.0. The molecule has 1 N–H and O–H groups in total. The molecule has 3 aromatic heterocycles. The van der Waals surface area contributed by atoms with E-state index in [1.807, 2.05) is 4.90 Å². The van der Waals surface area contributed by atoms with Crippen molar-refractivity contribution in [2.45, 2.75) is 0 Å². The van der Waals surface area contributed by atoms with Crippen molar-refractivity contribution in [3.05, 3.63) is 42.0 Å². The summed E-state index contributed by atoms with van der Waals surface area (Å²) in [5, 5.41) is 5.25. The molecular weight excluding hydrogens is 371 g/mol. The summed E-state index contributed by atoms with van der Waals surface area (Å²) in [5.74, 6) is 2.56. The maximum Gasteiger partial charge on any atom is 0.180 e. The van der Waals surface area contributed by atoms with Crippen LogP contribution in [0.2, 0.25) is 0 Å². The van der Waals surface area contributed by atoms with E-state index < -0.39 is 0 Å². The van der Waals surface area contributed by atoms with Crippen LogP contribution in [0.1, 0.15) is 10.4 Å². The fourth-order valence-electron chi connectivity index (χ4n) is 3.73. The molecule has 1 fully saturated rings. The number of Topliss-reactive ketones (excluding diaryl/α,β-unsaturated/α-hetero) is 1. The van der Waals surface area contributed by atoms with Gasteiger partial charge in [-0.3, -0.25) is 14.4 Å². The number of hydrogen-bond donors (Lipinski definition) is 1. The van der Waals surface area contributed by atoms with Crippen LogP contribution < -0.4 is 0 Å². The molecule has 144 valence electrons. The normalized spacial score (nSPS) is 14.9. The van der Waals surface area contributed by atoms with Gasteiger partial charge in [0, 0.05) is 37.6 Å². The number of terminal acetylenes is 1. The van der Waals surface area contributed by atoms with E-state index in [1.54, 1.807) is 30.2 Å². The lowest BCUT2D eigenvalue weighted by Crippen LogP contribution is -2.48. The summed E-state index contributed by atoms with van der Waals surface area (Å²) in [6.45, 7) is 1.76. The number of halogens is 1. The number of carbonyl (C=O) groups excluding carboxylic acids is 1. The molecule has 0 amide bonds. The van der Waals surface area contributed by atoms with Crippen LogP contribution in [0, 0.1) is 24.1 Å². The molecule has 1 aliphatic rings. The summed E-state index contributed by atoms with van der Waals surface area (Å²) < 4.78 is 15.2. The highest BCUT2D eigenvalue weighted by atomic mass is 19.1. The summed E-state index contributed by atoms with van der Waals surface area (Å²) in [6, 6.07) is 4.49. The maximum absolute atomic E-state index is 13.6. The standard InChI is InChI=1S/C21H17FN6O/c1-3-12-9-28(10-12)11-18(29)15-7-23-21-20(15)25-16(8-24-21)19-14-5-4-13(22)6-17(14)27(2)26-19/h1,4-8,12H,9-11H2,2H3,(H,23,24). The molecule has 0 radical (unpaired) electrons. The van der Waals surface area contributed by atoms with E-state index in [2.05, 4.69) is 26.0 Å². The van der Waals surface area contributed by atoms with E-state index in [-0.39, 0.29) is 17.5 Å². The molecule has 0 atom stereocenters. The molecule has 4 aromatic rings. The minimum Gasteiger partial charge on any atom is -0.344 e. The molecule has 5 rings (SSSR count). The predicted octanol–water partition coefficient (Wildman–Crippen LogP) is 2.40. The molecule has 1 aromatic carbocycles. The Balaban J connectivity index is 1.52. The molecule has 8 heteroatoms. The molecule has 7 nitrogen and oxygen atoms in total. The van der Waals surface area contributed by atoms with Gasteiger partial charge in [-0.2, -0.15) is 5.10 Å². The lowest BCUT2D eigenvalue weighted by molar-refractivity contribution is 0.0819. The van der Waals surface area contributed by atoms with E-state index in [1.165, 1.54) is 12.1 Å². The number of aromatic nitrogens is 5. The Morgan fingerprint density at radius 1 is 1.41 bits per heavy atom. The first kappa shape index (κ1) is 17.5. The number of benzene rings is 1. The Morgan fingerprint density at radius 2 is 2.24 bits per heavy atom. The van der Waals surface area contributed by atoms with Crippen molar-refractivity contribution in [1.82, 2.24) is 29.6 Å². The fourth-order valence-corrected chi connectivity index (χ4v) is 3.73. The maximum atomic E-state index is 13.6. The SMILES string of the molecule is C#CC1CN(CC(=O)c2c[nH]c3ncc(-c4nn(C)c5cc(F)ccc45)nc23)C1. The van der Waals surface area contributed by atoms with Crippen molar-refractivity contribution < 1.29 is 9.18 Å². The van der Waals surface area contributed by atoms with Gasteiger partial charge < -0.3 is 4.98 Å². The zero-order valence-electron chi connectivity index (χ0n) is 15.7. The van der Waals surface area contributed by atoms with Gasteiger partial charge in [-0.05, 0) is 18.2 Å². The fraction of sp³-hybridized carbons (Fsp3) is 0.238. The molecule has 0 unspecified atom stereocenters. The van der Waals surface area contributed by atoms with E-state index >= 15 is 0 Å². The minimum absolute atomic E-state index is 0.0360. The summed E-state index contributed by atoms with van der Waals surface area (Å²) in [5.41, 5.74) is 3.31. The number of hydrogen-bond acceptors (Lipinski definition) is 5. The smallest absolute Gasteiger partial charge is 0.180 e. The predicted molar refractivity (Wildman–Crippen MR) is 107 cm³/mol. The Hall–Kier alpha value is -3.57. The van der Waals surface area contributed by atoms with Gasteiger partial charge in [0.25, 0.3) is 0 Å². The monoisotopic (exact) mass is 388 g/mol. The average Bonchev–Trinajstić information content (AvgIpc) is 3.25. The quantitative estimate of drug-likeness (QED) is 0.429. The van der Waals surface area contributed by atoms with Gasteiger partial charge in [0.1, 0.15) is 22.7 Å². The van der Waals surface area contributed by atoms with Gasteiger partial charge in [0.15, 0.2) is 11.4 Å². The zero-order chi connectivity index (χ0) is 20.1. The molecule has 29 heavy (non-hydrogen) atoms. The van der Waals surface area contributed by atoms with Crippen molar-refractivity contribution in [2.75, 3.05) is 19.6 Å². The first-order chi connectivity index (χ1) is 14.0. The van der Waals surface area contributed by atoms with Crippen LogP contribution in [0.25, 0.3) is 33.5 Å². The third kappa shape index (κ3) is 2.87. The van der Waals surface area contributed by atoms with Gasteiger partial charge in [-0.25, -0.2) is 14.4 Å². The van der Waals surface area contributed by atoms with E-state index in [0.717, 1.165) is 18.5 Å². The highest BCUT2D eigenvalue weighted by molar-refractivity contribution is 6.07. The molecular formula is C21H17FN6O. The topological polar surface area (TPSA) is 79.7 Å². The molecule has 1 aliphatic heterocycles. The van der Waals surface area contributed by atoms with Gasteiger partial charge in [-0.15, -0.1) is 12.3 Å². The number of rotatable bonds is 4. The van der Waals surface area contributed by atoms with E-state index in [9.17, 15) is 9.18 Å². The third-order valence-electron chi connectivity index (χ3n) is 5.30. The minimum atomic E-state index is -0.329. The number of aromatic amines is 1. The number of aryl methyl sites for hydroxylation is 1.